The molecule has 0 atom stereocenters. The van der Waals surface area contributed by atoms with Gasteiger partial charge in [0, 0.05) is 0 Å². The van der Waals surface area contributed by atoms with E-state index in [1.54, 1.807) is 0 Å². The Bertz CT molecular complexity index is 231. The third kappa shape index (κ3) is 2.58. The minimum atomic E-state index is 0.969. The smallest absolute Gasteiger partial charge is 0.0250 e. The molecule has 0 amide bonds. The van der Waals surface area contributed by atoms with Gasteiger partial charge in [-0.2, -0.15) is 0 Å². The molecule has 0 unspecified atom stereocenters. The quantitative estimate of drug-likeness (QED) is 0.639. The van der Waals surface area contributed by atoms with Crippen LogP contribution in [0.15, 0.2) is 30.3 Å². The summed E-state index contributed by atoms with van der Waals surface area (Å²) in [5.41, 5.74) is 1.52. The minimum Gasteiger partial charge on any atom is -0.0622 e. The third-order valence-electron chi connectivity index (χ3n) is 3.09. The van der Waals surface area contributed by atoms with E-state index in [9.17, 15) is 0 Å². The second-order valence-electron chi connectivity index (χ2n) is 4.19. The maximum absolute atomic E-state index is 2.26. The topological polar surface area (TPSA) is 0 Å². The Morgan fingerprint density at radius 2 is 1.62 bits per heavy atom. The first-order chi connectivity index (χ1) is 6.45. The van der Waals surface area contributed by atoms with E-state index in [1.165, 1.54) is 44.1 Å². The molecule has 2 rings (SSSR count). The van der Waals surface area contributed by atoms with E-state index in [0.29, 0.717) is 0 Å². The van der Waals surface area contributed by atoms with Crippen molar-refractivity contribution >= 4 is 0 Å². The molecule has 70 valence electrons. The van der Waals surface area contributed by atoms with Crippen LogP contribution in [0, 0.1) is 5.92 Å². The van der Waals surface area contributed by atoms with Crippen LogP contribution in [0.2, 0.25) is 0 Å². The van der Waals surface area contributed by atoms with E-state index in [2.05, 4.69) is 30.3 Å². The molecule has 0 N–H and O–H groups in total. The van der Waals surface area contributed by atoms with Crippen LogP contribution in [0.4, 0.5) is 0 Å². The Morgan fingerprint density at radius 1 is 0.923 bits per heavy atom. The zero-order valence-corrected chi connectivity index (χ0v) is 8.21. The molecule has 0 aromatic heterocycles. The summed E-state index contributed by atoms with van der Waals surface area (Å²) in [6, 6.07) is 10.9. The van der Waals surface area contributed by atoms with Gasteiger partial charge >= 0.3 is 0 Å². The second-order valence-corrected chi connectivity index (χ2v) is 4.19. The molecule has 1 aromatic rings. The van der Waals surface area contributed by atoms with Crippen molar-refractivity contribution in [3.8, 4) is 0 Å². The van der Waals surface area contributed by atoms with Gasteiger partial charge in [0.25, 0.3) is 0 Å². The van der Waals surface area contributed by atoms with Crippen LogP contribution < -0.4 is 0 Å². The van der Waals surface area contributed by atoms with Gasteiger partial charge in [0.2, 0.25) is 0 Å². The first-order valence-electron chi connectivity index (χ1n) is 5.49. The molecule has 0 bridgehead atoms. The summed E-state index contributed by atoms with van der Waals surface area (Å²) < 4.78 is 0. The van der Waals surface area contributed by atoms with Crippen LogP contribution in [0.1, 0.15) is 37.7 Å². The fourth-order valence-corrected chi connectivity index (χ4v) is 2.34. The monoisotopic (exact) mass is 174 g/mol. The normalized spacial score (nSPS) is 18.8. The molecular formula is C13H18. The van der Waals surface area contributed by atoms with Crippen molar-refractivity contribution in [3.63, 3.8) is 0 Å². The average molecular weight is 174 g/mol. The SMILES string of the molecule is c1ccc(CC2CCCCC2)cc1. The number of benzene rings is 1. The molecule has 0 nitrogen and oxygen atoms in total. The summed E-state index contributed by atoms with van der Waals surface area (Å²) in [6.07, 6.45) is 8.59. The van der Waals surface area contributed by atoms with Crippen molar-refractivity contribution in [2.24, 2.45) is 5.92 Å². The zero-order valence-electron chi connectivity index (χ0n) is 8.21. The van der Waals surface area contributed by atoms with Crippen molar-refractivity contribution in [2.45, 2.75) is 38.5 Å². The largest absolute Gasteiger partial charge is 0.0622 e. The lowest BCUT2D eigenvalue weighted by Crippen LogP contribution is -2.08. The molecule has 0 radical (unpaired) electrons. The summed E-state index contributed by atoms with van der Waals surface area (Å²) in [7, 11) is 0. The van der Waals surface area contributed by atoms with Gasteiger partial charge in [0.1, 0.15) is 0 Å². The summed E-state index contributed by atoms with van der Waals surface area (Å²) in [5, 5.41) is 0. The zero-order chi connectivity index (χ0) is 8.93. The highest BCUT2D eigenvalue weighted by atomic mass is 14.2. The summed E-state index contributed by atoms with van der Waals surface area (Å²) in [4.78, 5) is 0. The second kappa shape index (κ2) is 4.45. The molecule has 0 aliphatic heterocycles. The fraction of sp³-hybridized carbons (Fsp3) is 0.538. The minimum absolute atomic E-state index is 0.969. The van der Waals surface area contributed by atoms with Gasteiger partial charge in [0.05, 0.1) is 0 Å². The lowest BCUT2D eigenvalue weighted by molar-refractivity contribution is 0.356. The highest BCUT2D eigenvalue weighted by molar-refractivity contribution is 5.15. The van der Waals surface area contributed by atoms with E-state index < -0.39 is 0 Å². The van der Waals surface area contributed by atoms with E-state index >= 15 is 0 Å². The van der Waals surface area contributed by atoms with Crippen LogP contribution in [0.5, 0.6) is 0 Å². The van der Waals surface area contributed by atoms with Crippen LogP contribution in [0.25, 0.3) is 0 Å². The van der Waals surface area contributed by atoms with Crippen LogP contribution in [-0.4, -0.2) is 0 Å². The van der Waals surface area contributed by atoms with E-state index in [-0.39, 0.29) is 0 Å². The third-order valence-corrected chi connectivity index (χ3v) is 3.09. The molecule has 1 aromatic carbocycles. The molecule has 13 heavy (non-hydrogen) atoms. The molecular weight excluding hydrogens is 156 g/mol. The number of hydrogen-bond donors (Lipinski definition) is 0. The summed E-state index contributed by atoms with van der Waals surface area (Å²) in [6.45, 7) is 0. The molecule has 0 saturated heterocycles. The van der Waals surface area contributed by atoms with Gasteiger partial charge < -0.3 is 0 Å². The highest BCUT2D eigenvalue weighted by Gasteiger charge is 2.13. The van der Waals surface area contributed by atoms with Gasteiger partial charge in [-0.25, -0.2) is 0 Å². The molecule has 1 aliphatic carbocycles. The van der Waals surface area contributed by atoms with Gasteiger partial charge in [-0.3, -0.25) is 0 Å². The Balaban J connectivity index is 1.90. The first-order valence-corrected chi connectivity index (χ1v) is 5.49. The molecule has 1 aliphatic rings. The molecule has 0 heteroatoms. The van der Waals surface area contributed by atoms with Crippen molar-refractivity contribution in [3.05, 3.63) is 35.9 Å². The Morgan fingerprint density at radius 3 is 2.31 bits per heavy atom. The first kappa shape index (κ1) is 8.80. The van der Waals surface area contributed by atoms with Crippen LogP contribution in [0.3, 0.4) is 0 Å². The molecule has 1 fully saturated rings. The van der Waals surface area contributed by atoms with Gasteiger partial charge in [-0.05, 0) is 17.9 Å². The summed E-state index contributed by atoms with van der Waals surface area (Å²) in [5.74, 6) is 0.969. The summed E-state index contributed by atoms with van der Waals surface area (Å²) >= 11 is 0. The fourth-order valence-electron chi connectivity index (χ4n) is 2.34. The van der Waals surface area contributed by atoms with Gasteiger partial charge in [0.15, 0.2) is 0 Å². The Hall–Kier alpha value is -0.780. The van der Waals surface area contributed by atoms with E-state index in [1.807, 2.05) is 0 Å². The predicted octanol–water partition coefficient (Wildman–Crippen LogP) is 3.81. The Labute approximate surface area is 81.0 Å². The number of rotatable bonds is 2. The standard InChI is InChI=1S/C13H18/c1-3-7-12(8-4-1)11-13-9-5-2-6-10-13/h1,3-4,7-8,13H,2,5-6,9-11H2. The lowest BCUT2D eigenvalue weighted by atomic mass is 9.85. The highest BCUT2D eigenvalue weighted by Crippen LogP contribution is 2.26. The van der Waals surface area contributed by atoms with Gasteiger partial charge in [-0.15, -0.1) is 0 Å². The average Bonchev–Trinajstić information content (AvgIpc) is 2.21. The van der Waals surface area contributed by atoms with Crippen molar-refractivity contribution in [1.29, 1.82) is 0 Å². The molecule has 1 saturated carbocycles. The number of hydrogen-bond acceptors (Lipinski definition) is 0. The van der Waals surface area contributed by atoms with E-state index in [0.717, 1.165) is 5.92 Å². The van der Waals surface area contributed by atoms with Crippen molar-refractivity contribution in [2.75, 3.05) is 0 Å². The molecule has 0 heterocycles. The lowest BCUT2D eigenvalue weighted by Gasteiger charge is -2.21. The van der Waals surface area contributed by atoms with Crippen molar-refractivity contribution < 1.29 is 0 Å². The van der Waals surface area contributed by atoms with Crippen LogP contribution in [-0.2, 0) is 6.42 Å². The molecule has 0 spiro atoms. The maximum Gasteiger partial charge on any atom is -0.0250 e. The maximum atomic E-state index is 2.26. The predicted molar refractivity (Wildman–Crippen MR) is 56.7 cm³/mol. The van der Waals surface area contributed by atoms with Gasteiger partial charge in [-0.1, -0.05) is 62.4 Å². The van der Waals surface area contributed by atoms with Crippen molar-refractivity contribution in [1.82, 2.24) is 0 Å². The van der Waals surface area contributed by atoms with Crippen LogP contribution >= 0.6 is 0 Å². The Kier molecular flexibility index (Phi) is 3.02. The van der Waals surface area contributed by atoms with E-state index in [4.69, 9.17) is 0 Å².